The number of amides is 1. The van der Waals surface area contributed by atoms with E-state index in [2.05, 4.69) is 41.4 Å². The van der Waals surface area contributed by atoms with Gasteiger partial charge in [-0.1, -0.05) is 25.8 Å². The zero-order chi connectivity index (χ0) is 24.9. The normalized spacial score (nSPS) is 13.0. The summed E-state index contributed by atoms with van der Waals surface area (Å²) in [5.41, 5.74) is 10.8. The van der Waals surface area contributed by atoms with E-state index in [1.54, 1.807) is 20.8 Å². The zero-order valence-corrected chi connectivity index (χ0v) is 21.1. The molecule has 0 unspecified atom stereocenters. The third-order valence-corrected chi connectivity index (χ3v) is 5.71. The molecule has 0 atom stereocenters. The van der Waals surface area contributed by atoms with Crippen LogP contribution in [-0.2, 0) is 11.3 Å². The van der Waals surface area contributed by atoms with Gasteiger partial charge in [-0.15, -0.1) is 0 Å². The molecule has 0 spiro atoms. The molecule has 3 aromatic heterocycles. The number of aliphatic imine (C=N–C) groups is 1. The van der Waals surface area contributed by atoms with Crippen molar-refractivity contribution in [2.75, 3.05) is 0 Å². The zero-order valence-electron chi connectivity index (χ0n) is 21.1. The van der Waals surface area contributed by atoms with Gasteiger partial charge in [-0.3, -0.25) is 4.98 Å². The number of fused-ring (bicyclic) bond motifs is 1. The van der Waals surface area contributed by atoms with E-state index < -0.39 is 11.7 Å². The Balaban J connectivity index is 1.90. The highest BCUT2D eigenvalue weighted by Gasteiger charge is 2.19. The molecule has 0 radical (unpaired) electrons. The lowest BCUT2D eigenvalue weighted by molar-refractivity contribution is 0.0604. The fourth-order valence-corrected chi connectivity index (χ4v) is 4.12. The van der Waals surface area contributed by atoms with Gasteiger partial charge in [0.2, 0.25) is 0 Å². The van der Waals surface area contributed by atoms with Crippen LogP contribution in [0.2, 0.25) is 0 Å². The lowest BCUT2D eigenvalue weighted by atomic mass is 9.97. The van der Waals surface area contributed by atoms with E-state index in [0.29, 0.717) is 17.9 Å². The number of unbranched alkanes of at least 4 members (excludes halogenated alkanes) is 2. The second-order valence-corrected chi connectivity index (χ2v) is 9.49. The Morgan fingerprint density at radius 1 is 1.32 bits per heavy atom. The van der Waals surface area contributed by atoms with Crippen molar-refractivity contribution in [3.05, 3.63) is 59.4 Å². The number of ether oxygens (including phenoxy) is 1. The molecule has 0 aliphatic heterocycles. The third kappa shape index (κ3) is 5.95. The quantitative estimate of drug-likeness (QED) is 0.230. The fraction of sp³-hybridized carbons (Fsp3) is 0.444. The standard InChI is InChI=1S/C27H36N4O3/c1-7-9-10-11-19(8-2)24-18(3)31(23-12-13-29-15-22(23)24)16-21-14-20(17-33-21)25(28)30-26(32)34-27(4,5)6/h8,12-15,17H,7,9-11,16H2,1-6H3,(H2,28,30,32). The molecule has 1 amide bonds. The second-order valence-electron chi connectivity index (χ2n) is 9.49. The molecule has 2 N–H and O–H groups in total. The molecule has 7 nitrogen and oxygen atoms in total. The van der Waals surface area contributed by atoms with Crippen molar-refractivity contribution < 1.29 is 13.9 Å². The lowest BCUT2D eigenvalue weighted by Crippen LogP contribution is -2.24. The van der Waals surface area contributed by atoms with Crippen LogP contribution < -0.4 is 5.73 Å². The molecule has 0 fully saturated rings. The van der Waals surface area contributed by atoms with Gasteiger partial charge in [-0.25, -0.2) is 4.79 Å². The van der Waals surface area contributed by atoms with Crippen LogP contribution >= 0.6 is 0 Å². The summed E-state index contributed by atoms with van der Waals surface area (Å²) in [5, 5.41) is 1.14. The highest BCUT2D eigenvalue weighted by atomic mass is 16.6. The molecule has 182 valence electrons. The highest BCUT2D eigenvalue weighted by Crippen LogP contribution is 2.34. The average Bonchev–Trinajstić information content (AvgIpc) is 3.34. The molecule has 0 saturated carbocycles. The number of carbonyl (C=O) groups is 1. The Hall–Kier alpha value is -3.35. The molecule has 3 aromatic rings. The Morgan fingerprint density at radius 3 is 2.76 bits per heavy atom. The largest absolute Gasteiger partial charge is 0.467 e. The van der Waals surface area contributed by atoms with Crippen LogP contribution in [0.15, 0.2) is 46.3 Å². The molecular weight excluding hydrogens is 428 g/mol. The van der Waals surface area contributed by atoms with E-state index in [1.807, 2.05) is 24.5 Å². The van der Waals surface area contributed by atoms with Gasteiger partial charge < -0.3 is 19.5 Å². The van der Waals surface area contributed by atoms with Gasteiger partial charge in [-0.2, -0.15) is 4.99 Å². The van der Waals surface area contributed by atoms with E-state index in [4.69, 9.17) is 14.9 Å². The summed E-state index contributed by atoms with van der Waals surface area (Å²) in [4.78, 5) is 20.2. The van der Waals surface area contributed by atoms with Crippen LogP contribution in [0.4, 0.5) is 4.79 Å². The Morgan fingerprint density at radius 2 is 2.09 bits per heavy atom. The third-order valence-electron chi connectivity index (χ3n) is 5.71. The molecule has 0 bridgehead atoms. The number of allylic oxidation sites excluding steroid dienone is 2. The van der Waals surface area contributed by atoms with Crippen molar-refractivity contribution in [2.45, 2.75) is 79.4 Å². The lowest BCUT2D eigenvalue weighted by Gasteiger charge is -2.17. The number of nitrogens with zero attached hydrogens (tertiary/aromatic N) is 3. The first-order valence-corrected chi connectivity index (χ1v) is 11.9. The van der Waals surface area contributed by atoms with Gasteiger partial charge in [0.25, 0.3) is 0 Å². The fourth-order valence-electron chi connectivity index (χ4n) is 4.12. The molecule has 7 heteroatoms. The van der Waals surface area contributed by atoms with Crippen LogP contribution in [-0.4, -0.2) is 27.1 Å². The summed E-state index contributed by atoms with van der Waals surface area (Å²) < 4.78 is 13.2. The van der Waals surface area contributed by atoms with Crippen molar-refractivity contribution in [2.24, 2.45) is 10.7 Å². The maximum absolute atomic E-state index is 12.0. The predicted octanol–water partition coefficient (Wildman–Crippen LogP) is 6.61. The SMILES string of the molecule is CC=C(CCCCC)c1c(C)n(Cc2cc(C(N)=NC(=O)OC(C)(C)C)co2)c2ccncc12. The number of rotatable bonds is 8. The van der Waals surface area contributed by atoms with Gasteiger partial charge in [0, 0.05) is 29.0 Å². The molecule has 0 saturated heterocycles. The van der Waals surface area contributed by atoms with Gasteiger partial charge in [-0.05, 0) is 65.2 Å². The van der Waals surface area contributed by atoms with Gasteiger partial charge in [0.1, 0.15) is 23.5 Å². The summed E-state index contributed by atoms with van der Waals surface area (Å²) in [5.74, 6) is 0.782. The number of hydrogen-bond donors (Lipinski definition) is 1. The number of furan rings is 1. The molecule has 34 heavy (non-hydrogen) atoms. The smallest absolute Gasteiger partial charge is 0.436 e. The number of nitrogens with two attached hydrogens (primary N) is 1. The molecule has 0 aliphatic rings. The van der Waals surface area contributed by atoms with Crippen molar-refractivity contribution in [3.8, 4) is 0 Å². The number of aromatic nitrogens is 2. The van der Waals surface area contributed by atoms with Crippen molar-refractivity contribution in [1.29, 1.82) is 0 Å². The number of carbonyl (C=O) groups excluding carboxylic acids is 1. The van der Waals surface area contributed by atoms with Gasteiger partial charge >= 0.3 is 6.09 Å². The van der Waals surface area contributed by atoms with E-state index in [0.717, 1.165) is 17.3 Å². The predicted molar refractivity (Wildman–Crippen MR) is 137 cm³/mol. The van der Waals surface area contributed by atoms with Crippen LogP contribution in [0, 0.1) is 6.92 Å². The van der Waals surface area contributed by atoms with Gasteiger partial charge in [0.05, 0.1) is 17.6 Å². The number of pyridine rings is 1. The minimum atomic E-state index is -0.723. The number of hydrogen-bond acceptors (Lipinski definition) is 4. The Bertz CT molecular complexity index is 1210. The summed E-state index contributed by atoms with van der Waals surface area (Å²) in [6.45, 7) is 12.3. The average molecular weight is 465 g/mol. The monoisotopic (exact) mass is 464 g/mol. The van der Waals surface area contributed by atoms with Crippen LogP contribution in [0.3, 0.4) is 0 Å². The highest BCUT2D eigenvalue weighted by molar-refractivity contribution is 6.02. The van der Waals surface area contributed by atoms with E-state index >= 15 is 0 Å². The van der Waals surface area contributed by atoms with E-state index in [1.165, 1.54) is 42.4 Å². The molecule has 3 rings (SSSR count). The summed E-state index contributed by atoms with van der Waals surface area (Å²) in [7, 11) is 0. The first-order valence-electron chi connectivity index (χ1n) is 11.9. The minimum Gasteiger partial charge on any atom is -0.467 e. The van der Waals surface area contributed by atoms with Crippen LogP contribution in [0.5, 0.6) is 0 Å². The van der Waals surface area contributed by atoms with Crippen LogP contribution in [0.1, 0.15) is 82.9 Å². The Labute approximate surface area is 201 Å². The molecule has 3 heterocycles. The first-order chi connectivity index (χ1) is 16.1. The summed E-state index contributed by atoms with van der Waals surface area (Å²) >= 11 is 0. The second kappa shape index (κ2) is 10.7. The summed E-state index contributed by atoms with van der Waals surface area (Å²) in [6.07, 6.45) is 11.4. The van der Waals surface area contributed by atoms with Crippen LogP contribution in [0.25, 0.3) is 16.5 Å². The van der Waals surface area contributed by atoms with E-state index in [9.17, 15) is 4.79 Å². The number of amidine groups is 1. The van der Waals surface area contributed by atoms with Crippen molar-refractivity contribution >= 4 is 28.4 Å². The Kier molecular flexibility index (Phi) is 7.97. The van der Waals surface area contributed by atoms with Crippen molar-refractivity contribution in [3.63, 3.8) is 0 Å². The molecule has 0 aromatic carbocycles. The topological polar surface area (TPSA) is 95.6 Å². The first kappa shape index (κ1) is 25.3. The summed E-state index contributed by atoms with van der Waals surface area (Å²) in [6, 6.07) is 3.85. The molecule has 0 aliphatic carbocycles. The maximum atomic E-state index is 12.0. The maximum Gasteiger partial charge on any atom is 0.436 e. The van der Waals surface area contributed by atoms with E-state index in [-0.39, 0.29) is 5.84 Å². The minimum absolute atomic E-state index is 0.0651. The van der Waals surface area contributed by atoms with Crippen molar-refractivity contribution in [1.82, 2.24) is 9.55 Å². The molecular formula is C27H36N4O3. The van der Waals surface area contributed by atoms with Gasteiger partial charge in [0.15, 0.2) is 0 Å².